The van der Waals surface area contributed by atoms with Crippen LogP contribution in [-0.2, 0) is 9.53 Å². The highest BCUT2D eigenvalue weighted by molar-refractivity contribution is 5.98. The van der Waals surface area contributed by atoms with Crippen LogP contribution in [0.5, 0.6) is 0 Å². The number of nitrogens with one attached hydrogen (secondary N) is 1. The Labute approximate surface area is 204 Å². The molecule has 2 saturated heterocycles. The Morgan fingerprint density at radius 3 is 2.69 bits per heavy atom. The van der Waals surface area contributed by atoms with Crippen LogP contribution in [0.2, 0.25) is 0 Å². The van der Waals surface area contributed by atoms with E-state index in [1.807, 2.05) is 25.3 Å². The number of aromatic nitrogens is 2. The van der Waals surface area contributed by atoms with Crippen molar-refractivity contribution >= 4 is 29.3 Å². The molecule has 10 nitrogen and oxygen atoms in total. The number of carbonyl (C=O) groups excluding carboxylic acids is 1. The number of amides is 1. The fourth-order valence-electron chi connectivity index (χ4n) is 4.40. The fraction of sp³-hybridized carbons (Fsp3) is 0.400. The molecule has 4 heterocycles. The number of nitrogens with zero attached hydrogens (tertiary/aromatic N) is 5. The van der Waals surface area contributed by atoms with E-state index in [9.17, 15) is 4.79 Å². The van der Waals surface area contributed by atoms with E-state index < -0.39 is 0 Å². The van der Waals surface area contributed by atoms with E-state index in [1.54, 1.807) is 6.07 Å². The molecule has 0 radical (unpaired) electrons. The Kier molecular flexibility index (Phi) is 6.08. The van der Waals surface area contributed by atoms with E-state index in [0.29, 0.717) is 23.7 Å². The topological polar surface area (TPSA) is 127 Å². The highest BCUT2D eigenvalue weighted by Gasteiger charge is 2.49. The van der Waals surface area contributed by atoms with Crippen molar-refractivity contribution in [2.24, 2.45) is 22.1 Å². The van der Waals surface area contributed by atoms with Crippen molar-refractivity contribution in [3.8, 4) is 0 Å². The quantitative estimate of drug-likeness (QED) is 0.163. The molecule has 2 aliphatic heterocycles. The van der Waals surface area contributed by atoms with Gasteiger partial charge in [0.25, 0.3) is 0 Å². The van der Waals surface area contributed by atoms with Crippen LogP contribution in [0, 0.1) is 19.3 Å². The van der Waals surface area contributed by atoms with E-state index in [2.05, 4.69) is 50.0 Å². The summed E-state index contributed by atoms with van der Waals surface area (Å²) in [5.74, 6) is 6.08. The van der Waals surface area contributed by atoms with Gasteiger partial charge in [-0.1, -0.05) is 12.1 Å². The summed E-state index contributed by atoms with van der Waals surface area (Å²) in [4.78, 5) is 17.2. The fourth-order valence-corrected chi connectivity index (χ4v) is 4.40. The van der Waals surface area contributed by atoms with E-state index in [0.717, 1.165) is 61.6 Å². The summed E-state index contributed by atoms with van der Waals surface area (Å²) in [6.45, 7) is 8.13. The smallest absolute Gasteiger partial charge is 0.211 e. The molecule has 10 heteroatoms. The number of hydrazone groups is 1. The third-order valence-electron chi connectivity index (χ3n) is 6.80. The van der Waals surface area contributed by atoms with Crippen molar-refractivity contribution in [1.29, 1.82) is 0 Å². The Morgan fingerprint density at radius 1 is 1.26 bits per heavy atom. The normalized spacial score (nSPS) is 18.4. The number of ether oxygens (including phenoxy) is 1. The van der Waals surface area contributed by atoms with Crippen molar-refractivity contribution in [3.05, 3.63) is 59.5 Å². The number of hydrogen-bond acceptors (Lipinski definition) is 7. The number of rotatable bonds is 6. The number of fused-ring (bicyclic) bond motifs is 1. The molecule has 1 amide bonds. The van der Waals surface area contributed by atoms with Crippen molar-refractivity contribution in [1.82, 2.24) is 14.5 Å². The lowest BCUT2D eigenvalue weighted by Crippen LogP contribution is -2.66. The van der Waals surface area contributed by atoms with E-state index in [1.165, 1.54) is 16.5 Å². The first-order valence-electron chi connectivity index (χ1n) is 11.8. The summed E-state index contributed by atoms with van der Waals surface area (Å²) in [5, 5.41) is 8.16. The lowest BCUT2D eigenvalue weighted by molar-refractivity contribution is -0.127. The minimum atomic E-state index is 0.307. The molecule has 3 fully saturated rings. The monoisotopic (exact) mass is 476 g/mol. The molecule has 0 atom stereocenters. The van der Waals surface area contributed by atoms with Crippen LogP contribution < -0.4 is 21.8 Å². The number of nitrogens with two attached hydrogens (primary N) is 2. The molecule has 6 rings (SSSR count). The van der Waals surface area contributed by atoms with E-state index in [-0.39, 0.29) is 0 Å². The van der Waals surface area contributed by atoms with Crippen molar-refractivity contribution in [2.45, 2.75) is 32.7 Å². The van der Waals surface area contributed by atoms with E-state index >= 15 is 0 Å². The second-order valence-corrected chi connectivity index (χ2v) is 9.75. The molecule has 1 saturated carbocycles. The van der Waals surface area contributed by atoms with Gasteiger partial charge in [-0.3, -0.25) is 4.79 Å². The van der Waals surface area contributed by atoms with Gasteiger partial charge in [0.05, 0.1) is 30.4 Å². The van der Waals surface area contributed by atoms with Crippen LogP contribution in [0.3, 0.4) is 0 Å². The summed E-state index contributed by atoms with van der Waals surface area (Å²) < 4.78 is 7.45. The van der Waals surface area contributed by atoms with Gasteiger partial charge >= 0.3 is 0 Å². The van der Waals surface area contributed by atoms with Gasteiger partial charge in [0, 0.05) is 42.4 Å². The van der Waals surface area contributed by atoms with Crippen LogP contribution in [-0.4, -0.2) is 59.1 Å². The number of pyridine rings is 1. The summed E-state index contributed by atoms with van der Waals surface area (Å²) in [6, 6.07) is 10.1. The summed E-state index contributed by atoms with van der Waals surface area (Å²) in [6.07, 6.45) is 6.84. The Balaban J connectivity index is 0.000000145. The third-order valence-corrected chi connectivity index (χ3v) is 6.80. The predicted molar refractivity (Wildman–Crippen MR) is 136 cm³/mol. The maximum atomic E-state index is 10.5. The number of amidine groups is 1. The molecule has 1 aromatic carbocycles. The van der Waals surface area contributed by atoms with Crippen LogP contribution in [0.15, 0.2) is 47.8 Å². The molecule has 1 aliphatic carbocycles. The predicted octanol–water partition coefficient (Wildman–Crippen LogP) is 2.00. The van der Waals surface area contributed by atoms with Gasteiger partial charge in [0.1, 0.15) is 5.65 Å². The SMILES string of the molecule is Cc1ccc(/C(N)=N/N(N)C2CC2)cc1NC=O.Cc1cnc2ccc(N3CC4(COC4)C3)cn12. The first-order chi connectivity index (χ1) is 16.9. The average molecular weight is 477 g/mol. The van der Waals surface area contributed by atoms with Gasteiger partial charge in [0.2, 0.25) is 6.41 Å². The second kappa shape index (κ2) is 9.20. The highest BCUT2D eigenvalue weighted by Crippen LogP contribution is 2.40. The molecule has 184 valence electrons. The molecule has 0 bridgehead atoms. The number of imidazole rings is 1. The minimum Gasteiger partial charge on any atom is -0.382 e. The van der Waals surface area contributed by atoms with Crippen LogP contribution in [0.4, 0.5) is 11.4 Å². The average Bonchev–Trinajstić information content (AvgIpc) is 3.58. The summed E-state index contributed by atoms with van der Waals surface area (Å²) in [7, 11) is 0. The number of hydrazine groups is 1. The molecule has 0 unspecified atom stereocenters. The van der Waals surface area contributed by atoms with E-state index in [4.69, 9.17) is 16.3 Å². The Morgan fingerprint density at radius 2 is 2.03 bits per heavy atom. The Hall–Kier alpha value is -3.63. The molecule has 2 aromatic heterocycles. The zero-order chi connectivity index (χ0) is 24.6. The first-order valence-corrected chi connectivity index (χ1v) is 11.8. The number of aryl methyl sites for hydroxylation is 2. The van der Waals surface area contributed by atoms with Gasteiger partial charge in [-0.25, -0.2) is 15.9 Å². The van der Waals surface area contributed by atoms with Gasteiger partial charge in [-0.05, 0) is 50.5 Å². The molecule has 3 aliphatic rings. The zero-order valence-electron chi connectivity index (χ0n) is 20.1. The van der Waals surface area contributed by atoms with Gasteiger partial charge in [0.15, 0.2) is 5.84 Å². The number of benzene rings is 1. The summed E-state index contributed by atoms with van der Waals surface area (Å²) in [5.41, 5.74) is 12.3. The Bertz CT molecular complexity index is 1250. The van der Waals surface area contributed by atoms with Gasteiger partial charge in [-0.15, -0.1) is 5.10 Å². The number of carbonyl (C=O) groups is 1. The van der Waals surface area contributed by atoms with Crippen molar-refractivity contribution in [2.75, 3.05) is 36.5 Å². The van der Waals surface area contributed by atoms with Crippen molar-refractivity contribution < 1.29 is 9.53 Å². The van der Waals surface area contributed by atoms with Crippen LogP contribution in [0.25, 0.3) is 5.65 Å². The third kappa shape index (κ3) is 4.80. The lowest BCUT2D eigenvalue weighted by Gasteiger charge is -2.55. The molecule has 35 heavy (non-hydrogen) atoms. The van der Waals surface area contributed by atoms with Crippen molar-refractivity contribution in [3.63, 3.8) is 0 Å². The largest absolute Gasteiger partial charge is 0.382 e. The molecule has 1 spiro atoms. The number of hydrogen-bond donors (Lipinski definition) is 3. The maximum Gasteiger partial charge on any atom is 0.211 e. The molecule has 5 N–H and O–H groups in total. The highest BCUT2D eigenvalue weighted by atomic mass is 16.5. The maximum absolute atomic E-state index is 10.5. The molecular formula is C25H32N8O2. The van der Waals surface area contributed by atoms with Crippen LogP contribution in [0.1, 0.15) is 29.7 Å². The molecule has 3 aromatic rings. The minimum absolute atomic E-state index is 0.307. The summed E-state index contributed by atoms with van der Waals surface area (Å²) >= 11 is 0. The van der Waals surface area contributed by atoms with Crippen LogP contribution >= 0.6 is 0 Å². The zero-order valence-corrected chi connectivity index (χ0v) is 20.1. The number of anilines is 2. The standard InChI is InChI=1S/C13H15N3O.C12H17N5O/c1-10-4-14-12-3-2-11(5-16(10)12)15-6-13(7-15)8-17-9-13;1-8-2-3-9(6-11(8)15-7-18)12(13)16-17(14)10-4-5-10/h2-5H,6-9H2,1H3;2-3,6-7,10H,4-5,14H2,1H3,(H2,13,16)(H,15,18). The lowest BCUT2D eigenvalue weighted by atomic mass is 9.78. The molecular weight excluding hydrogens is 444 g/mol. The second-order valence-electron chi connectivity index (χ2n) is 9.75. The van der Waals surface area contributed by atoms with Gasteiger partial charge < -0.3 is 25.1 Å². The first kappa shape index (κ1) is 23.1. The van der Waals surface area contributed by atoms with Gasteiger partial charge in [-0.2, -0.15) is 0 Å².